The highest BCUT2D eigenvalue weighted by Crippen LogP contribution is 2.30. The van der Waals surface area contributed by atoms with Gasteiger partial charge in [0.15, 0.2) is 5.69 Å². The molecule has 5 rings (SSSR count). The number of ether oxygens (including phenoxy) is 2. The number of hydrogen-bond donors (Lipinski definition) is 0. The van der Waals surface area contributed by atoms with Crippen LogP contribution in [-0.2, 0) is 17.9 Å². The van der Waals surface area contributed by atoms with Crippen LogP contribution in [0.25, 0.3) is 23.0 Å². The van der Waals surface area contributed by atoms with Gasteiger partial charge in [0.25, 0.3) is 5.89 Å². The molecule has 30 heavy (non-hydrogen) atoms. The maximum absolute atomic E-state index is 13.5. The Morgan fingerprint density at radius 1 is 1.17 bits per heavy atom. The molecule has 1 aliphatic heterocycles. The molecule has 1 aliphatic rings. The van der Waals surface area contributed by atoms with Crippen LogP contribution in [0.5, 0.6) is 5.75 Å². The van der Waals surface area contributed by atoms with Crippen molar-refractivity contribution in [1.82, 2.24) is 19.9 Å². The monoisotopic (exact) mass is 406 g/mol. The summed E-state index contributed by atoms with van der Waals surface area (Å²) in [5.41, 5.74) is 3.11. The molecule has 1 atom stereocenters. The lowest BCUT2D eigenvalue weighted by atomic mass is 10.1. The molecule has 0 unspecified atom stereocenters. The van der Waals surface area contributed by atoms with Gasteiger partial charge in [0.05, 0.1) is 25.5 Å². The molecule has 2 aromatic carbocycles. The standard InChI is InChI=1S/C22H19FN4O3/c1-2-28-18-8-6-14(7-9-18)20-12-27-17(13-29-20)11-19(25-27)22-24-21(26-30-22)15-4-3-5-16(23)10-15/h3-11,20H,2,12-13H2,1H3/t20-/m1/s1. The SMILES string of the molecule is CCOc1ccc([C@H]2Cn3nc(-c4nc(-c5cccc(F)c5)no4)cc3CO2)cc1. The van der Waals surface area contributed by atoms with E-state index in [4.69, 9.17) is 14.0 Å². The lowest BCUT2D eigenvalue weighted by molar-refractivity contribution is -0.00115. The average Bonchev–Trinajstić information content (AvgIpc) is 3.41. The number of halogens is 1. The number of hydrogen-bond acceptors (Lipinski definition) is 6. The Hall–Kier alpha value is -3.52. The number of aromatic nitrogens is 4. The average molecular weight is 406 g/mol. The molecule has 0 fully saturated rings. The van der Waals surface area contributed by atoms with Gasteiger partial charge in [-0.3, -0.25) is 4.68 Å². The molecule has 0 radical (unpaired) electrons. The molecular weight excluding hydrogens is 387 g/mol. The first kappa shape index (κ1) is 18.5. The summed E-state index contributed by atoms with van der Waals surface area (Å²) in [6.45, 7) is 3.60. The molecule has 0 aliphatic carbocycles. The molecule has 0 saturated carbocycles. The van der Waals surface area contributed by atoms with Gasteiger partial charge < -0.3 is 14.0 Å². The predicted molar refractivity (Wildman–Crippen MR) is 106 cm³/mol. The topological polar surface area (TPSA) is 75.2 Å². The third-order valence-electron chi connectivity index (χ3n) is 4.93. The Bertz CT molecular complexity index is 1170. The Balaban J connectivity index is 1.35. The summed E-state index contributed by atoms with van der Waals surface area (Å²) in [5.74, 6) is 1.09. The lowest BCUT2D eigenvalue weighted by Crippen LogP contribution is -2.21. The van der Waals surface area contributed by atoms with Crippen molar-refractivity contribution in [3.05, 3.63) is 71.7 Å². The molecule has 0 N–H and O–H groups in total. The fourth-order valence-corrected chi connectivity index (χ4v) is 3.45. The fraction of sp³-hybridized carbons (Fsp3) is 0.227. The van der Waals surface area contributed by atoms with Gasteiger partial charge in [-0.2, -0.15) is 10.1 Å². The van der Waals surface area contributed by atoms with Gasteiger partial charge >= 0.3 is 0 Å². The van der Waals surface area contributed by atoms with E-state index in [0.29, 0.717) is 36.8 Å². The fourth-order valence-electron chi connectivity index (χ4n) is 3.45. The Labute approximate surface area is 172 Å². The zero-order valence-corrected chi connectivity index (χ0v) is 16.3. The summed E-state index contributed by atoms with van der Waals surface area (Å²) >= 11 is 0. The molecular formula is C22H19FN4O3. The molecule has 3 heterocycles. The van der Waals surface area contributed by atoms with E-state index in [-0.39, 0.29) is 17.8 Å². The van der Waals surface area contributed by atoms with E-state index in [2.05, 4.69) is 15.2 Å². The van der Waals surface area contributed by atoms with Crippen LogP contribution in [0.1, 0.15) is 24.3 Å². The van der Waals surface area contributed by atoms with Crippen molar-refractivity contribution in [2.45, 2.75) is 26.2 Å². The quantitative estimate of drug-likeness (QED) is 0.489. The highest BCUT2D eigenvalue weighted by atomic mass is 19.1. The second-order valence-electron chi connectivity index (χ2n) is 6.94. The first-order valence-corrected chi connectivity index (χ1v) is 9.70. The van der Waals surface area contributed by atoms with Crippen LogP contribution in [0.2, 0.25) is 0 Å². The molecule has 7 nitrogen and oxygen atoms in total. The minimum atomic E-state index is -0.353. The van der Waals surface area contributed by atoms with Gasteiger partial charge in [-0.15, -0.1) is 0 Å². The zero-order chi connectivity index (χ0) is 20.5. The first-order chi connectivity index (χ1) is 14.7. The number of rotatable bonds is 5. The maximum Gasteiger partial charge on any atom is 0.278 e. The Morgan fingerprint density at radius 2 is 2.03 bits per heavy atom. The van der Waals surface area contributed by atoms with Gasteiger partial charge in [0.1, 0.15) is 17.7 Å². The maximum atomic E-state index is 13.5. The van der Waals surface area contributed by atoms with Crippen molar-refractivity contribution >= 4 is 0 Å². The molecule has 0 saturated heterocycles. The highest BCUT2D eigenvalue weighted by molar-refractivity contribution is 5.58. The van der Waals surface area contributed by atoms with Crippen LogP contribution in [0, 0.1) is 5.82 Å². The van der Waals surface area contributed by atoms with Crippen LogP contribution in [-0.4, -0.2) is 26.5 Å². The molecule has 152 valence electrons. The van der Waals surface area contributed by atoms with Crippen molar-refractivity contribution in [3.63, 3.8) is 0 Å². The summed E-state index contributed by atoms with van der Waals surface area (Å²) < 4.78 is 32.2. The third-order valence-corrected chi connectivity index (χ3v) is 4.93. The van der Waals surface area contributed by atoms with Crippen LogP contribution in [0.15, 0.2) is 59.1 Å². The van der Waals surface area contributed by atoms with Crippen molar-refractivity contribution in [2.24, 2.45) is 0 Å². The summed E-state index contributed by atoms with van der Waals surface area (Å²) in [6.07, 6.45) is -0.105. The van der Waals surface area contributed by atoms with Gasteiger partial charge in [0.2, 0.25) is 5.82 Å². The summed E-state index contributed by atoms with van der Waals surface area (Å²) in [4.78, 5) is 4.36. The largest absolute Gasteiger partial charge is 0.494 e. The van der Waals surface area contributed by atoms with E-state index in [1.807, 2.05) is 41.9 Å². The second-order valence-corrected chi connectivity index (χ2v) is 6.94. The number of benzene rings is 2. The Morgan fingerprint density at radius 3 is 2.83 bits per heavy atom. The molecule has 2 aromatic heterocycles. The van der Waals surface area contributed by atoms with Crippen LogP contribution in [0.4, 0.5) is 4.39 Å². The molecule has 4 aromatic rings. The summed E-state index contributed by atoms with van der Waals surface area (Å²) in [5, 5.41) is 8.56. The van der Waals surface area contributed by atoms with Gasteiger partial charge in [-0.25, -0.2) is 4.39 Å². The van der Waals surface area contributed by atoms with E-state index in [9.17, 15) is 4.39 Å². The van der Waals surface area contributed by atoms with Gasteiger partial charge in [0, 0.05) is 5.56 Å². The smallest absolute Gasteiger partial charge is 0.278 e. The Kier molecular flexibility index (Phi) is 4.76. The highest BCUT2D eigenvalue weighted by Gasteiger charge is 2.24. The van der Waals surface area contributed by atoms with Crippen molar-refractivity contribution in [2.75, 3.05) is 6.61 Å². The van der Waals surface area contributed by atoms with Crippen LogP contribution >= 0.6 is 0 Å². The predicted octanol–water partition coefficient (Wildman–Crippen LogP) is 4.41. The normalized spacial score (nSPS) is 15.7. The summed E-state index contributed by atoms with van der Waals surface area (Å²) in [7, 11) is 0. The van der Waals surface area contributed by atoms with Crippen LogP contribution < -0.4 is 4.74 Å². The summed E-state index contributed by atoms with van der Waals surface area (Å²) in [6, 6.07) is 15.8. The van der Waals surface area contributed by atoms with Crippen LogP contribution in [0.3, 0.4) is 0 Å². The lowest BCUT2D eigenvalue weighted by Gasteiger charge is -2.24. The van der Waals surface area contributed by atoms with Crippen molar-refractivity contribution < 1.29 is 18.4 Å². The van der Waals surface area contributed by atoms with Crippen molar-refractivity contribution in [3.8, 4) is 28.7 Å². The molecule has 0 bridgehead atoms. The van der Waals surface area contributed by atoms with Gasteiger partial charge in [-0.1, -0.05) is 29.4 Å². The zero-order valence-electron chi connectivity index (χ0n) is 16.3. The molecule has 0 amide bonds. The van der Waals surface area contributed by atoms with E-state index >= 15 is 0 Å². The molecule has 0 spiro atoms. The second kappa shape index (κ2) is 7.72. The number of fused-ring (bicyclic) bond motifs is 1. The third kappa shape index (κ3) is 3.57. The van der Waals surface area contributed by atoms with Crippen molar-refractivity contribution in [1.29, 1.82) is 0 Å². The van der Waals surface area contributed by atoms with Gasteiger partial charge in [-0.05, 0) is 42.8 Å². The minimum absolute atomic E-state index is 0.105. The number of nitrogens with zero attached hydrogens (tertiary/aromatic N) is 4. The first-order valence-electron chi connectivity index (χ1n) is 9.70. The molecule has 8 heteroatoms. The van der Waals surface area contributed by atoms with E-state index in [0.717, 1.165) is 17.0 Å². The minimum Gasteiger partial charge on any atom is -0.494 e. The van der Waals surface area contributed by atoms with E-state index < -0.39 is 0 Å². The van der Waals surface area contributed by atoms with E-state index in [1.54, 1.807) is 12.1 Å². The van der Waals surface area contributed by atoms with E-state index in [1.165, 1.54) is 12.1 Å².